The third-order valence-corrected chi connectivity index (χ3v) is 2.79. The number of nitrogens with one attached hydrogen (secondary N) is 1. The van der Waals surface area contributed by atoms with Gasteiger partial charge in [0.1, 0.15) is 4.64 Å². The molecule has 0 atom stereocenters. The van der Waals surface area contributed by atoms with E-state index in [4.69, 9.17) is 12.2 Å². The molecule has 2 rings (SSSR count). The van der Waals surface area contributed by atoms with E-state index in [1.807, 2.05) is 42.7 Å². The quantitative estimate of drug-likeness (QED) is 0.489. The molecule has 0 amide bonds. The zero-order valence-electron chi connectivity index (χ0n) is 8.23. The maximum Gasteiger partial charge on any atom is 0.166 e. The second-order valence-electron chi connectivity index (χ2n) is 3.01. The molecule has 1 heterocycles. The molecule has 0 saturated heterocycles. The van der Waals surface area contributed by atoms with Crippen molar-refractivity contribution in [2.75, 3.05) is 6.26 Å². The van der Waals surface area contributed by atoms with E-state index in [2.05, 4.69) is 9.97 Å². The number of benzene rings is 1. The highest BCUT2D eigenvalue weighted by molar-refractivity contribution is 7.98. The highest BCUT2D eigenvalue weighted by Gasteiger charge is 1.99. The molecule has 2 nitrogen and oxygen atoms in total. The van der Waals surface area contributed by atoms with Gasteiger partial charge in [0.2, 0.25) is 0 Å². The Labute approximate surface area is 97.8 Å². The standard InChI is InChI=1S/C11H10N2S2/c1-15-11-12-9(7-10(14)13-11)8-5-3-2-4-6-8/h2-7H,1H3,(H,12,13,14). The molecule has 0 aliphatic carbocycles. The molecule has 1 aromatic heterocycles. The molecule has 1 N–H and O–H groups in total. The summed E-state index contributed by atoms with van der Waals surface area (Å²) in [5.41, 5.74) is 2.14. The first kappa shape index (κ1) is 10.4. The minimum absolute atomic E-state index is 0.622. The summed E-state index contributed by atoms with van der Waals surface area (Å²) in [6, 6.07) is 12.0. The second kappa shape index (κ2) is 4.59. The molecule has 2 aromatic rings. The molecule has 0 saturated carbocycles. The summed E-state index contributed by atoms with van der Waals surface area (Å²) in [7, 11) is 0. The average molecular weight is 234 g/mol. The summed E-state index contributed by atoms with van der Waals surface area (Å²) in [6.07, 6.45) is 1.97. The van der Waals surface area contributed by atoms with Crippen LogP contribution in [0, 0.1) is 4.64 Å². The smallest absolute Gasteiger partial charge is 0.166 e. The highest BCUT2D eigenvalue weighted by Crippen LogP contribution is 2.18. The van der Waals surface area contributed by atoms with Gasteiger partial charge in [-0.15, -0.1) is 0 Å². The lowest BCUT2D eigenvalue weighted by atomic mass is 10.1. The van der Waals surface area contributed by atoms with Gasteiger partial charge in [-0.25, -0.2) is 4.98 Å². The van der Waals surface area contributed by atoms with Crippen LogP contribution in [0.4, 0.5) is 0 Å². The van der Waals surface area contributed by atoms with Crippen molar-refractivity contribution in [3.8, 4) is 11.3 Å². The van der Waals surface area contributed by atoms with E-state index in [0.717, 1.165) is 16.4 Å². The average Bonchev–Trinajstić information content (AvgIpc) is 2.29. The Hall–Kier alpha value is -1.13. The molecule has 0 fully saturated rings. The van der Waals surface area contributed by atoms with E-state index in [-0.39, 0.29) is 0 Å². The molecule has 0 spiro atoms. The summed E-state index contributed by atoms with van der Waals surface area (Å²) >= 11 is 6.67. The van der Waals surface area contributed by atoms with Crippen LogP contribution in [0.2, 0.25) is 0 Å². The first-order valence-electron chi connectivity index (χ1n) is 4.50. The molecular formula is C11H10N2S2. The predicted octanol–water partition coefficient (Wildman–Crippen LogP) is 3.53. The van der Waals surface area contributed by atoms with Crippen molar-refractivity contribution in [2.45, 2.75) is 5.16 Å². The number of H-pyrrole nitrogens is 1. The van der Waals surface area contributed by atoms with E-state index in [9.17, 15) is 0 Å². The lowest BCUT2D eigenvalue weighted by Gasteiger charge is -2.03. The van der Waals surface area contributed by atoms with E-state index < -0.39 is 0 Å². The number of hydrogen-bond donors (Lipinski definition) is 1. The Morgan fingerprint density at radius 1 is 1.27 bits per heavy atom. The Bertz CT molecular complexity index is 505. The summed E-state index contributed by atoms with van der Waals surface area (Å²) in [4.78, 5) is 7.44. The van der Waals surface area contributed by atoms with Gasteiger partial charge in [-0.1, -0.05) is 54.3 Å². The lowest BCUT2D eigenvalue weighted by molar-refractivity contribution is 0.965. The lowest BCUT2D eigenvalue weighted by Crippen LogP contribution is -1.90. The third-order valence-electron chi connectivity index (χ3n) is 2.00. The van der Waals surface area contributed by atoms with E-state index in [0.29, 0.717) is 4.64 Å². The molecule has 0 unspecified atom stereocenters. The van der Waals surface area contributed by atoms with Gasteiger partial charge >= 0.3 is 0 Å². The zero-order chi connectivity index (χ0) is 10.7. The van der Waals surface area contributed by atoms with Crippen LogP contribution in [0.25, 0.3) is 11.3 Å². The van der Waals surface area contributed by atoms with Gasteiger partial charge in [0.15, 0.2) is 5.16 Å². The number of thioether (sulfide) groups is 1. The molecule has 0 bridgehead atoms. The summed E-state index contributed by atoms with van der Waals surface area (Å²) < 4.78 is 0.622. The van der Waals surface area contributed by atoms with E-state index >= 15 is 0 Å². The van der Waals surface area contributed by atoms with Crippen LogP contribution < -0.4 is 0 Å². The van der Waals surface area contributed by atoms with Gasteiger partial charge < -0.3 is 4.98 Å². The van der Waals surface area contributed by atoms with Crippen LogP contribution in [0.5, 0.6) is 0 Å². The fourth-order valence-electron chi connectivity index (χ4n) is 1.30. The Kier molecular flexibility index (Phi) is 3.18. The minimum atomic E-state index is 0.622. The predicted molar refractivity (Wildman–Crippen MR) is 66.6 cm³/mol. The van der Waals surface area contributed by atoms with Gasteiger partial charge in [0, 0.05) is 0 Å². The fourth-order valence-corrected chi connectivity index (χ4v) is 1.97. The van der Waals surface area contributed by atoms with Crippen molar-refractivity contribution >= 4 is 24.0 Å². The normalized spacial score (nSPS) is 10.2. The van der Waals surface area contributed by atoms with Gasteiger partial charge in [-0.2, -0.15) is 0 Å². The van der Waals surface area contributed by atoms with E-state index in [1.54, 1.807) is 11.8 Å². The third kappa shape index (κ3) is 2.46. The fraction of sp³-hybridized carbons (Fsp3) is 0.0909. The zero-order valence-corrected chi connectivity index (χ0v) is 9.86. The largest absolute Gasteiger partial charge is 0.334 e. The number of hydrogen-bond acceptors (Lipinski definition) is 3. The number of aromatic amines is 1. The molecule has 76 valence electrons. The Morgan fingerprint density at radius 3 is 2.67 bits per heavy atom. The van der Waals surface area contributed by atoms with Crippen LogP contribution in [0.1, 0.15) is 0 Å². The van der Waals surface area contributed by atoms with Crippen LogP contribution in [0.15, 0.2) is 41.6 Å². The van der Waals surface area contributed by atoms with Crippen LogP contribution in [-0.4, -0.2) is 16.2 Å². The Balaban J connectivity index is 2.54. The topological polar surface area (TPSA) is 28.7 Å². The van der Waals surface area contributed by atoms with E-state index in [1.165, 1.54) is 0 Å². The molecule has 4 heteroatoms. The van der Waals surface area contributed by atoms with Crippen molar-refractivity contribution in [3.63, 3.8) is 0 Å². The maximum atomic E-state index is 5.11. The first-order valence-corrected chi connectivity index (χ1v) is 6.13. The van der Waals surface area contributed by atoms with Crippen LogP contribution in [-0.2, 0) is 0 Å². The highest BCUT2D eigenvalue weighted by atomic mass is 32.2. The monoisotopic (exact) mass is 234 g/mol. The summed E-state index contributed by atoms with van der Waals surface area (Å²) in [5.74, 6) is 0. The van der Waals surface area contributed by atoms with Crippen molar-refractivity contribution < 1.29 is 0 Å². The van der Waals surface area contributed by atoms with Crippen LogP contribution in [0.3, 0.4) is 0 Å². The number of rotatable bonds is 2. The summed E-state index contributed by atoms with van der Waals surface area (Å²) in [6.45, 7) is 0. The number of aromatic nitrogens is 2. The van der Waals surface area contributed by atoms with Gasteiger partial charge in [0.05, 0.1) is 5.69 Å². The van der Waals surface area contributed by atoms with Gasteiger partial charge in [0.25, 0.3) is 0 Å². The molecule has 1 aromatic carbocycles. The SMILES string of the molecule is CSc1nc(=S)cc(-c2ccccc2)[nH]1. The van der Waals surface area contributed by atoms with Gasteiger partial charge in [-0.05, 0) is 17.9 Å². The molecule has 0 aliphatic heterocycles. The van der Waals surface area contributed by atoms with Crippen molar-refractivity contribution in [1.29, 1.82) is 0 Å². The second-order valence-corrected chi connectivity index (χ2v) is 4.22. The molecule has 0 aliphatic rings. The van der Waals surface area contributed by atoms with Crippen molar-refractivity contribution in [1.82, 2.24) is 9.97 Å². The number of nitrogens with zero attached hydrogens (tertiary/aromatic N) is 1. The Morgan fingerprint density at radius 2 is 2.00 bits per heavy atom. The molecular weight excluding hydrogens is 224 g/mol. The van der Waals surface area contributed by atoms with Crippen LogP contribution >= 0.6 is 24.0 Å². The van der Waals surface area contributed by atoms with Crippen molar-refractivity contribution in [2.24, 2.45) is 0 Å². The minimum Gasteiger partial charge on any atom is -0.334 e. The molecule has 0 radical (unpaired) electrons. The van der Waals surface area contributed by atoms with Gasteiger partial charge in [-0.3, -0.25) is 0 Å². The maximum absolute atomic E-state index is 5.11. The summed E-state index contributed by atoms with van der Waals surface area (Å²) in [5, 5.41) is 0.848. The first-order chi connectivity index (χ1) is 7.29. The molecule has 15 heavy (non-hydrogen) atoms. The van der Waals surface area contributed by atoms with Crippen molar-refractivity contribution in [3.05, 3.63) is 41.0 Å².